The molecule has 0 bridgehead atoms. The van der Waals surface area contributed by atoms with Gasteiger partial charge in [0.1, 0.15) is 5.78 Å². The van der Waals surface area contributed by atoms with Gasteiger partial charge in [0.15, 0.2) is 6.29 Å². The van der Waals surface area contributed by atoms with E-state index in [2.05, 4.69) is 6.92 Å². The molecule has 0 heterocycles. The average molecular weight is 230 g/mol. The molecule has 0 N–H and O–H groups in total. The van der Waals surface area contributed by atoms with Crippen LogP contribution in [0.15, 0.2) is 0 Å². The molecule has 3 nitrogen and oxygen atoms in total. The number of carbonyl (C=O) groups excluding carboxylic acids is 1. The van der Waals surface area contributed by atoms with Gasteiger partial charge in [-0.25, -0.2) is 0 Å². The quantitative estimate of drug-likeness (QED) is 0.403. The van der Waals surface area contributed by atoms with E-state index in [1.165, 1.54) is 12.8 Å². The van der Waals surface area contributed by atoms with Crippen molar-refractivity contribution in [1.82, 2.24) is 0 Å². The molecule has 0 aromatic heterocycles. The van der Waals surface area contributed by atoms with Crippen molar-refractivity contribution in [1.29, 1.82) is 0 Å². The van der Waals surface area contributed by atoms with Gasteiger partial charge < -0.3 is 9.47 Å². The number of ether oxygens (including phenoxy) is 2. The van der Waals surface area contributed by atoms with E-state index >= 15 is 0 Å². The molecule has 0 aliphatic carbocycles. The number of carbonyl (C=O) groups is 1. The Morgan fingerprint density at radius 3 is 2.12 bits per heavy atom. The van der Waals surface area contributed by atoms with Crippen LogP contribution in [-0.4, -0.2) is 25.3 Å². The summed E-state index contributed by atoms with van der Waals surface area (Å²) in [6, 6.07) is 0. The molecule has 0 amide bonds. The summed E-state index contributed by atoms with van der Waals surface area (Å²) in [5, 5.41) is 0. The number of hydrogen-bond donors (Lipinski definition) is 0. The zero-order valence-electron chi connectivity index (χ0n) is 11.0. The summed E-state index contributed by atoms with van der Waals surface area (Å²) >= 11 is 0. The van der Waals surface area contributed by atoms with Gasteiger partial charge >= 0.3 is 0 Å². The fourth-order valence-corrected chi connectivity index (χ4v) is 1.57. The molecule has 0 aromatic rings. The van der Waals surface area contributed by atoms with Crippen LogP contribution >= 0.6 is 0 Å². The number of rotatable bonds is 11. The molecule has 0 unspecified atom stereocenters. The van der Waals surface area contributed by atoms with E-state index in [1.54, 1.807) is 0 Å². The first-order chi connectivity index (χ1) is 7.74. The molecule has 0 rings (SSSR count). The summed E-state index contributed by atoms with van der Waals surface area (Å²) in [7, 11) is 0. The predicted molar refractivity (Wildman–Crippen MR) is 65.4 cm³/mol. The standard InChI is InChI=1S/C13H26O3/c1-4-7-8-9-10-12(14)11-13(15-5-2)16-6-3/h13H,4-11H2,1-3H3. The number of Topliss-reactive ketones (excluding diaryl/α,β-unsaturated/α-hetero) is 1. The van der Waals surface area contributed by atoms with Crippen LogP contribution in [0.1, 0.15) is 59.3 Å². The minimum Gasteiger partial charge on any atom is -0.352 e. The van der Waals surface area contributed by atoms with Gasteiger partial charge in [-0.05, 0) is 20.3 Å². The van der Waals surface area contributed by atoms with E-state index in [4.69, 9.17) is 9.47 Å². The van der Waals surface area contributed by atoms with Gasteiger partial charge in [-0.1, -0.05) is 26.2 Å². The Morgan fingerprint density at radius 1 is 1.00 bits per heavy atom. The number of hydrogen-bond acceptors (Lipinski definition) is 3. The van der Waals surface area contributed by atoms with Crippen molar-refractivity contribution in [3.63, 3.8) is 0 Å². The molecule has 0 aromatic carbocycles. The Labute approximate surface area is 99.5 Å². The van der Waals surface area contributed by atoms with E-state index < -0.39 is 0 Å². The van der Waals surface area contributed by atoms with Crippen LogP contribution in [0.2, 0.25) is 0 Å². The number of unbranched alkanes of at least 4 members (excludes halogenated alkanes) is 3. The van der Waals surface area contributed by atoms with Crippen LogP contribution in [0.5, 0.6) is 0 Å². The Bertz CT molecular complexity index is 163. The first-order valence-electron chi connectivity index (χ1n) is 6.49. The van der Waals surface area contributed by atoms with E-state index in [-0.39, 0.29) is 12.1 Å². The third-order valence-corrected chi connectivity index (χ3v) is 2.41. The van der Waals surface area contributed by atoms with Crippen molar-refractivity contribution in [2.24, 2.45) is 0 Å². The minimum absolute atomic E-state index is 0.253. The third-order valence-electron chi connectivity index (χ3n) is 2.41. The maximum atomic E-state index is 11.6. The highest BCUT2D eigenvalue weighted by Crippen LogP contribution is 2.08. The van der Waals surface area contributed by atoms with Crippen LogP contribution in [0, 0.1) is 0 Å². The summed E-state index contributed by atoms with van der Waals surface area (Å²) in [5.74, 6) is 0.253. The van der Waals surface area contributed by atoms with E-state index in [1.807, 2.05) is 13.8 Å². The Balaban J connectivity index is 3.63. The molecule has 0 spiro atoms. The van der Waals surface area contributed by atoms with Crippen LogP contribution in [0.4, 0.5) is 0 Å². The van der Waals surface area contributed by atoms with E-state index in [0.29, 0.717) is 26.1 Å². The van der Waals surface area contributed by atoms with E-state index in [0.717, 1.165) is 12.8 Å². The molecule has 3 heteroatoms. The molecule has 16 heavy (non-hydrogen) atoms. The first kappa shape index (κ1) is 15.6. The lowest BCUT2D eigenvalue weighted by Gasteiger charge is -2.15. The van der Waals surface area contributed by atoms with Gasteiger partial charge in [-0.2, -0.15) is 0 Å². The summed E-state index contributed by atoms with van der Waals surface area (Å²) < 4.78 is 10.7. The van der Waals surface area contributed by atoms with Crippen molar-refractivity contribution in [3.8, 4) is 0 Å². The largest absolute Gasteiger partial charge is 0.352 e. The fourth-order valence-electron chi connectivity index (χ4n) is 1.57. The van der Waals surface area contributed by atoms with Crippen LogP contribution in [-0.2, 0) is 14.3 Å². The van der Waals surface area contributed by atoms with Gasteiger partial charge in [0, 0.05) is 19.6 Å². The second-order valence-corrected chi connectivity index (χ2v) is 3.89. The molecule has 0 atom stereocenters. The van der Waals surface area contributed by atoms with Crippen molar-refractivity contribution in [2.45, 2.75) is 65.6 Å². The van der Waals surface area contributed by atoms with Gasteiger partial charge in [-0.15, -0.1) is 0 Å². The van der Waals surface area contributed by atoms with Gasteiger partial charge in [0.25, 0.3) is 0 Å². The molecular formula is C13H26O3. The maximum absolute atomic E-state index is 11.6. The summed E-state index contributed by atoms with van der Waals surface area (Å²) in [6.45, 7) is 7.18. The third kappa shape index (κ3) is 8.86. The van der Waals surface area contributed by atoms with Gasteiger partial charge in [-0.3, -0.25) is 4.79 Å². The summed E-state index contributed by atoms with van der Waals surface area (Å²) in [5.41, 5.74) is 0. The second-order valence-electron chi connectivity index (χ2n) is 3.89. The summed E-state index contributed by atoms with van der Waals surface area (Å²) in [6.07, 6.45) is 5.29. The molecule has 0 radical (unpaired) electrons. The lowest BCUT2D eigenvalue weighted by molar-refractivity contribution is -0.152. The average Bonchev–Trinajstić information content (AvgIpc) is 2.25. The zero-order chi connectivity index (χ0) is 12.2. The van der Waals surface area contributed by atoms with Crippen LogP contribution < -0.4 is 0 Å². The Kier molecular flexibility index (Phi) is 10.8. The highest BCUT2D eigenvalue weighted by molar-refractivity contribution is 5.78. The van der Waals surface area contributed by atoms with Crippen LogP contribution in [0.25, 0.3) is 0 Å². The highest BCUT2D eigenvalue weighted by Gasteiger charge is 2.13. The van der Waals surface area contributed by atoms with Gasteiger partial charge in [0.2, 0.25) is 0 Å². The van der Waals surface area contributed by atoms with Crippen molar-refractivity contribution in [3.05, 3.63) is 0 Å². The monoisotopic (exact) mass is 230 g/mol. The normalized spacial score (nSPS) is 11.0. The summed E-state index contributed by atoms with van der Waals surface area (Å²) in [4.78, 5) is 11.6. The molecule has 0 saturated carbocycles. The predicted octanol–water partition coefficient (Wildman–Crippen LogP) is 3.32. The lowest BCUT2D eigenvalue weighted by Crippen LogP contribution is -2.21. The van der Waals surface area contributed by atoms with Crippen LogP contribution in [0.3, 0.4) is 0 Å². The van der Waals surface area contributed by atoms with E-state index in [9.17, 15) is 4.79 Å². The topological polar surface area (TPSA) is 35.5 Å². The molecule has 0 fully saturated rings. The fraction of sp³-hybridized carbons (Fsp3) is 0.923. The molecule has 0 aliphatic rings. The van der Waals surface area contributed by atoms with Crippen molar-refractivity contribution >= 4 is 5.78 Å². The molecule has 0 aliphatic heterocycles. The minimum atomic E-state index is -0.339. The second kappa shape index (κ2) is 11.1. The molecule has 0 saturated heterocycles. The van der Waals surface area contributed by atoms with Crippen molar-refractivity contribution < 1.29 is 14.3 Å². The Morgan fingerprint density at radius 2 is 1.62 bits per heavy atom. The van der Waals surface area contributed by atoms with Crippen molar-refractivity contribution in [2.75, 3.05) is 13.2 Å². The lowest BCUT2D eigenvalue weighted by atomic mass is 10.1. The maximum Gasteiger partial charge on any atom is 0.164 e. The molecular weight excluding hydrogens is 204 g/mol. The SMILES string of the molecule is CCCCCCC(=O)CC(OCC)OCC. The zero-order valence-corrected chi connectivity index (χ0v) is 11.0. The Hall–Kier alpha value is -0.410. The number of ketones is 1. The smallest absolute Gasteiger partial charge is 0.164 e. The highest BCUT2D eigenvalue weighted by atomic mass is 16.7. The molecule has 96 valence electrons. The van der Waals surface area contributed by atoms with Gasteiger partial charge in [0.05, 0.1) is 6.42 Å². The first-order valence-corrected chi connectivity index (χ1v) is 6.49.